The molecule has 0 atom stereocenters. The number of rotatable bonds is 6. The highest BCUT2D eigenvalue weighted by Gasteiger charge is 2.17. The van der Waals surface area contributed by atoms with Crippen molar-refractivity contribution in [3.8, 4) is 0 Å². The van der Waals surface area contributed by atoms with Crippen LogP contribution in [-0.2, 0) is 13.1 Å². The minimum Gasteiger partial charge on any atom is -0.467 e. The maximum Gasteiger partial charge on any atom is 0.251 e. The van der Waals surface area contributed by atoms with E-state index in [0.717, 1.165) is 38.5 Å². The molecule has 28 heavy (non-hydrogen) atoms. The van der Waals surface area contributed by atoms with Crippen molar-refractivity contribution in [2.45, 2.75) is 13.1 Å². The van der Waals surface area contributed by atoms with E-state index in [1.165, 1.54) is 11.3 Å². The van der Waals surface area contributed by atoms with Crippen molar-refractivity contribution in [1.82, 2.24) is 10.2 Å². The van der Waals surface area contributed by atoms with E-state index in [1.807, 2.05) is 30.3 Å². The van der Waals surface area contributed by atoms with Gasteiger partial charge in [0.25, 0.3) is 5.91 Å². The van der Waals surface area contributed by atoms with Gasteiger partial charge in [0.2, 0.25) is 0 Å². The van der Waals surface area contributed by atoms with E-state index in [0.29, 0.717) is 12.1 Å². The van der Waals surface area contributed by atoms with E-state index in [-0.39, 0.29) is 5.91 Å². The van der Waals surface area contributed by atoms with Crippen molar-refractivity contribution >= 4 is 11.6 Å². The second-order valence-corrected chi connectivity index (χ2v) is 7.06. The van der Waals surface area contributed by atoms with Crippen LogP contribution < -0.4 is 10.2 Å². The third kappa shape index (κ3) is 4.61. The summed E-state index contributed by atoms with van der Waals surface area (Å²) in [7, 11) is 0. The smallest absolute Gasteiger partial charge is 0.251 e. The maximum absolute atomic E-state index is 12.4. The van der Waals surface area contributed by atoms with Crippen LogP contribution in [0.4, 0.5) is 5.69 Å². The third-order valence-corrected chi connectivity index (χ3v) is 5.09. The van der Waals surface area contributed by atoms with E-state index in [4.69, 9.17) is 4.42 Å². The average molecular weight is 375 g/mol. The Hall–Kier alpha value is -3.05. The van der Waals surface area contributed by atoms with E-state index in [2.05, 4.69) is 51.5 Å². The highest BCUT2D eigenvalue weighted by molar-refractivity contribution is 5.94. The molecule has 1 saturated heterocycles. The maximum atomic E-state index is 12.4. The van der Waals surface area contributed by atoms with Gasteiger partial charge in [0.1, 0.15) is 5.76 Å². The Kier molecular flexibility index (Phi) is 5.73. The molecule has 0 bridgehead atoms. The van der Waals surface area contributed by atoms with Gasteiger partial charge >= 0.3 is 0 Å². The molecule has 1 aliphatic heterocycles. The van der Waals surface area contributed by atoms with Crippen LogP contribution in [0.2, 0.25) is 0 Å². The number of amides is 1. The van der Waals surface area contributed by atoms with Crippen LogP contribution in [0, 0.1) is 0 Å². The zero-order valence-electron chi connectivity index (χ0n) is 15.9. The minimum atomic E-state index is -0.0767. The summed E-state index contributed by atoms with van der Waals surface area (Å²) < 4.78 is 5.26. The van der Waals surface area contributed by atoms with Gasteiger partial charge in [0, 0.05) is 44.0 Å². The molecule has 1 fully saturated rings. The zero-order valence-corrected chi connectivity index (χ0v) is 15.9. The molecule has 1 amide bonds. The van der Waals surface area contributed by atoms with Crippen LogP contribution in [0.1, 0.15) is 21.7 Å². The van der Waals surface area contributed by atoms with Gasteiger partial charge in [-0.2, -0.15) is 0 Å². The van der Waals surface area contributed by atoms with Gasteiger partial charge in [-0.25, -0.2) is 0 Å². The van der Waals surface area contributed by atoms with E-state index in [9.17, 15) is 4.79 Å². The van der Waals surface area contributed by atoms with Crippen LogP contribution in [0.5, 0.6) is 0 Å². The van der Waals surface area contributed by atoms with Gasteiger partial charge in [0.15, 0.2) is 0 Å². The van der Waals surface area contributed by atoms with Crippen molar-refractivity contribution in [3.63, 3.8) is 0 Å². The molecule has 144 valence electrons. The molecule has 1 aromatic heterocycles. The first-order chi connectivity index (χ1) is 13.8. The number of anilines is 1. The highest BCUT2D eigenvalue weighted by atomic mass is 16.3. The summed E-state index contributed by atoms with van der Waals surface area (Å²) >= 11 is 0. The molecule has 5 nitrogen and oxygen atoms in total. The molecule has 1 N–H and O–H groups in total. The van der Waals surface area contributed by atoms with Crippen LogP contribution in [0.25, 0.3) is 0 Å². The second kappa shape index (κ2) is 8.76. The lowest BCUT2D eigenvalue weighted by molar-refractivity contribution is 0.0948. The van der Waals surface area contributed by atoms with Gasteiger partial charge in [0.05, 0.1) is 12.8 Å². The first kappa shape index (κ1) is 18.3. The van der Waals surface area contributed by atoms with Crippen molar-refractivity contribution in [3.05, 3.63) is 89.9 Å². The summed E-state index contributed by atoms with van der Waals surface area (Å²) in [6, 6.07) is 22.1. The summed E-state index contributed by atoms with van der Waals surface area (Å²) in [5.41, 5.74) is 3.14. The van der Waals surface area contributed by atoms with Gasteiger partial charge in [-0.05, 0) is 42.0 Å². The topological polar surface area (TPSA) is 48.7 Å². The molecule has 2 aromatic carbocycles. The summed E-state index contributed by atoms with van der Waals surface area (Å²) in [5, 5.41) is 2.90. The normalized spacial score (nSPS) is 14.8. The summed E-state index contributed by atoms with van der Waals surface area (Å²) in [6.45, 7) is 5.34. The fraction of sp³-hybridized carbons (Fsp3) is 0.261. The van der Waals surface area contributed by atoms with Crippen LogP contribution in [0.3, 0.4) is 0 Å². The fourth-order valence-corrected chi connectivity index (χ4v) is 3.55. The molecule has 0 radical (unpaired) electrons. The standard InChI is InChI=1S/C23H25N3O2/c27-23(24-17-22-10-5-15-28-22)20-7-4-6-19(16-20)18-25-11-13-26(14-12-25)21-8-2-1-3-9-21/h1-10,15-16H,11-14,17-18H2,(H,24,27). The first-order valence-corrected chi connectivity index (χ1v) is 9.70. The third-order valence-electron chi connectivity index (χ3n) is 5.09. The molecule has 2 heterocycles. The highest BCUT2D eigenvalue weighted by Crippen LogP contribution is 2.17. The summed E-state index contributed by atoms with van der Waals surface area (Å²) in [4.78, 5) is 17.3. The Balaban J connectivity index is 1.30. The lowest BCUT2D eigenvalue weighted by Gasteiger charge is -2.36. The Labute approximate surface area is 165 Å². The molecule has 0 aliphatic carbocycles. The molecule has 3 aromatic rings. The summed E-state index contributed by atoms with van der Waals surface area (Å²) in [6.07, 6.45) is 1.61. The number of piperazine rings is 1. The lowest BCUT2D eigenvalue weighted by Crippen LogP contribution is -2.45. The number of carbonyl (C=O) groups excluding carboxylic acids is 1. The van der Waals surface area contributed by atoms with Gasteiger partial charge < -0.3 is 14.6 Å². The molecule has 0 saturated carbocycles. The Morgan fingerprint density at radius 1 is 0.929 bits per heavy atom. The van der Waals surface area contributed by atoms with Crippen molar-refractivity contribution < 1.29 is 9.21 Å². The Morgan fingerprint density at radius 2 is 1.75 bits per heavy atom. The predicted molar refractivity (Wildman–Crippen MR) is 110 cm³/mol. The summed E-state index contributed by atoms with van der Waals surface area (Å²) in [5.74, 6) is 0.674. The van der Waals surface area contributed by atoms with E-state index < -0.39 is 0 Å². The van der Waals surface area contributed by atoms with E-state index >= 15 is 0 Å². The van der Waals surface area contributed by atoms with Crippen LogP contribution in [0.15, 0.2) is 77.4 Å². The second-order valence-electron chi connectivity index (χ2n) is 7.06. The average Bonchev–Trinajstić information content (AvgIpc) is 3.27. The van der Waals surface area contributed by atoms with Crippen molar-refractivity contribution in [1.29, 1.82) is 0 Å². The van der Waals surface area contributed by atoms with Crippen molar-refractivity contribution in [2.24, 2.45) is 0 Å². The number of para-hydroxylation sites is 1. The quantitative estimate of drug-likeness (QED) is 0.716. The molecule has 5 heteroatoms. The number of furan rings is 1. The Bertz CT molecular complexity index is 885. The predicted octanol–water partition coefficient (Wildman–Crippen LogP) is 3.53. The van der Waals surface area contributed by atoms with Gasteiger partial charge in [-0.15, -0.1) is 0 Å². The van der Waals surface area contributed by atoms with Crippen molar-refractivity contribution in [2.75, 3.05) is 31.1 Å². The molecular formula is C23H25N3O2. The number of nitrogens with zero attached hydrogens (tertiary/aromatic N) is 2. The molecule has 4 rings (SSSR count). The largest absolute Gasteiger partial charge is 0.467 e. The van der Waals surface area contributed by atoms with Gasteiger partial charge in [-0.1, -0.05) is 30.3 Å². The number of benzene rings is 2. The number of hydrogen-bond acceptors (Lipinski definition) is 4. The SMILES string of the molecule is O=C(NCc1ccco1)c1cccc(CN2CCN(c3ccccc3)CC2)c1. The molecule has 0 spiro atoms. The number of carbonyl (C=O) groups is 1. The van der Waals surface area contributed by atoms with Gasteiger partial charge in [-0.3, -0.25) is 9.69 Å². The molecular weight excluding hydrogens is 350 g/mol. The zero-order chi connectivity index (χ0) is 19.2. The van der Waals surface area contributed by atoms with E-state index in [1.54, 1.807) is 6.26 Å². The van der Waals surface area contributed by atoms with Crippen LogP contribution in [-0.4, -0.2) is 37.0 Å². The first-order valence-electron chi connectivity index (χ1n) is 9.70. The minimum absolute atomic E-state index is 0.0767. The fourth-order valence-electron chi connectivity index (χ4n) is 3.55. The Morgan fingerprint density at radius 3 is 2.50 bits per heavy atom. The molecule has 0 unspecified atom stereocenters. The monoisotopic (exact) mass is 375 g/mol. The van der Waals surface area contributed by atoms with Crippen LogP contribution >= 0.6 is 0 Å². The lowest BCUT2D eigenvalue weighted by atomic mass is 10.1. The number of hydrogen-bond donors (Lipinski definition) is 1. The number of nitrogens with one attached hydrogen (secondary N) is 1. The molecule has 1 aliphatic rings.